The van der Waals surface area contributed by atoms with Crippen LogP contribution in [-0.4, -0.2) is 50.1 Å². The number of hydrogen-bond donors (Lipinski definition) is 1. The Hall–Kier alpha value is -1.51. The van der Waals surface area contributed by atoms with Crippen molar-refractivity contribution in [1.82, 2.24) is 19.8 Å². The van der Waals surface area contributed by atoms with Gasteiger partial charge in [0.2, 0.25) is 10.0 Å². The van der Waals surface area contributed by atoms with E-state index < -0.39 is 10.0 Å². The SMILES string of the molecule is Cc1noc2ncc(S(=O)(=O)NCC3CCCN(C)C3)cc12. The molecule has 7 nitrogen and oxygen atoms in total. The van der Waals surface area contributed by atoms with Crippen LogP contribution in [0.25, 0.3) is 11.1 Å². The maximum Gasteiger partial charge on any atom is 0.257 e. The topological polar surface area (TPSA) is 88.3 Å². The van der Waals surface area contributed by atoms with Crippen molar-refractivity contribution in [2.75, 3.05) is 26.7 Å². The molecule has 0 spiro atoms. The molecule has 1 N–H and O–H groups in total. The van der Waals surface area contributed by atoms with Gasteiger partial charge >= 0.3 is 0 Å². The summed E-state index contributed by atoms with van der Waals surface area (Å²) in [6.45, 7) is 4.21. The number of likely N-dealkylation sites (tertiary alicyclic amines) is 1. The van der Waals surface area contributed by atoms with E-state index >= 15 is 0 Å². The Balaban J connectivity index is 1.74. The maximum absolute atomic E-state index is 12.4. The molecule has 22 heavy (non-hydrogen) atoms. The van der Waals surface area contributed by atoms with E-state index in [9.17, 15) is 8.42 Å². The van der Waals surface area contributed by atoms with Gasteiger partial charge in [-0.1, -0.05) is 5.16 Å². The zero-order valence-electron chi connectivity index (χ0n) is 12.7. The summed E-state index contributed by atoms with van der Waals surface area (Å²) in [4.78, 5) is 6.40. The summed E-state index contributed by atoms with van der Waals surface area (Å²) in [6, 6.07) is 1.56. The standard InChI is InChI=1S/C14H20N4O3S/c1-10-13-6-12(8-15-14(13)21-17-10)22(19,20)16-7-11-4-3-5-18(2)9-11/h6,8,11,16H,3-5,7,9H2,1-2H3. The zero-order chi connectivity index (χ0) is 15.7. The van der Waals surface area contributed by atoms with Gasteiger partial charge in [0.25, 0.3) is 5.71 Å². The van der Waals surface area contributed by atoms with E-state index in [1.165, 1.54) is 6.20 Å². The number of hydrogen-bond acceptors (Lipinski definition) is 6. The normalized spacial score (nSPS) is 20.5. The zero-order valence-corrected chi connectivity index (χ0v) is 13.6. The van der Waals surface area contributed by atoms with Gasteiger partial charge in [-0.25, -0.2) is 18.1 Å². The van der Waals surface area contributed by atoms with Crippen LogP contribution in [0.1, 0.15) is 18.5 Å². The Morgan fingerprint density at radius 1 is 1.50 bits per heavy atom. The Bertz CT molecular complexity index is 771. The molecule has 8 heteroatoms. The van der Waals surface area contributed by atoms with Gasteiger partial charge in [-0.3, -0.25) is 0 Å². The smallest absolute Gasteiger partial charge is 0.257 e. The van der Waals surface area contributed by atoms with Gasteiger partial charge in [-0.05, 0) is 45.3 Å². The van der Waals surface area contributed by atoms with Crippen LogP contribution in [0.3, 0.4) is 0 Å². The van der Waals surface area contributed by atoms with Crippen molar-refractivity contribution in [2.24, 2.45) is 5.92 Å². The van der Waals surface area contributed by atoms with Gasteiger partial charge < -0.3 is 9.42 Å². The summed E-state index contributed by atoms with van der Waals surface area (Å²) < 4.78 is 32.5. The molecule has 1 atom stereocenters. The number of aryl methyl sites for hydroxylation is 1. The molecule has 1 aliphatic rings. The molecule has 1 aliphatic heterocycles. The molecule has 2 aromatic rings. The van der Waals surface area contributed by atoms with Crippen molar-refractivity contribution < 1.29 is 12.9 Å². The van der Waals surface area contributed by atoms with Crippen LogP contribution in [0.15, 0.2) is 21.7 Å². The van der Waals surface area contributed by atoms with E-state index in [-0.39, 0.29) is 4.90 Å². The molecule has 1 fully saturated rings. The first-order valence-corrected chi connectivity index (χ1v) is 8.84. The molecule has 0 saturated carbocycles. The van der Waals surface area contributed by atoms with Gasteiger partial charge in [0.15, 0.2) is 0 Å². The van der Waals surface area contributed by atoms with Crippen molar-refractivity contribution in [3.8, 4) is 0 Å². The van der Waals surface area contributed by atoms with Gasteiger partial charge in [0, 0.05) is 13.1 Å². The van der Waals surface area contributed by atoms with Crippen molar-refractivity contribution in [3.05, 3.63) is 18.0 Å². The molecule has 0 amide bonds. The number of nitrogens with one attached hydrogen (secondary N) is 1. The Kier molecular flexibility index (Phi) is 4.16. The average molecular weight is 324 g/mol. The van der Waals surface area contributed by atoms with Crippen molar-refractivity contribution in [1.29, 1.82) is 0 Å². The molecule has 0 bridgehead atoms. The second-order valence-electron chi connectivity index (χ2n) is 5.91. The number of sulfonamides is 1. The molecule has 1 saturated heterocycles. The third-order valence-corrected chi connectivity index (χ3v) is 5.47. The Labute approximate surface area is 129 Å². The summed E-state index contributed by atoms with van der Waals surface area (Å²) in [7, 11) is -1.50. The molecule has 2 aromatic heterocycles. The number of pyridine rings is 1. The molecule has 0 aromatic carbocycles. The first kappa shape index (κ1) is 15.4. The molecule has 1 unspecified atom stereocenters. The minimum atomic E-state index is -3.56. The molecule has 120 valence electrons. The lowest BCUT2D eigenvalue weighted by Gasteiger charge is -2.29. The Morgan fingerprint density at radius 3 is 3.09 bits per heavy atom. The second kappa shape index (κ2) is 5.94. The van der Waals surface area contributed by atoms with Crippen molar-refractivity contribution in [2.45, 2.75) is 24.7 Å². The van der Waals surface area contributed by atoms with E-state index in [0.29, 0.717) is 29.3 Å². The fourth-order valence-electron chi connectivity index (χ4n) is 2.82. The van der Waals surface area contributed by atoms with Gasteiger partial charge in [0.05, 0.1) is 17.3 Å². The van der Waals surface area contributed by atoms with Gasteiger partial charge in [0.1, 0.15) is 4.90 Å². The minimum absolute atomic E-state index is 0.149. The highest BCUT2D eigenvalue weighted by molar-refractivity contribution is 7.89. The number of rotatable bonds is 4. The lowest BCUT2D eigenvalue weighted by molar-refractivity contribution is 0.211. The lowest BCUT2D eigenvalue weighted by atomic mass is 9.99. The predicted octanol–water partition coefficient (Wildman–Crippen LogP) is 1.15. The summed E-state index contributed by atoms with van der Waals surface area (Å²) in [5.41, 5.74) is 0.985. The van der Waals surface area contributed by atoms with Crippen LogP contribution in [0.4, 0.5) is 0 Å². The highest BCUT2D eigenvalue weighted by Gasteiger charge is 2.22. The number of fused-ring (bicyclic) bond motifs is 1. The van der Waals surface area contributed by atoms with Gasteiger partial charge in [-0.2, -0.15) is 0 Å². The highest BCUT2D eigenvalue weighted by Crippen LogP contribution is 2.20. The van der Waals surface area contributed by atoms with Crippen LogP contribution in [0.5, 0.6) is 0 Å². The second-order valence-corrected chi connectivity index (χ2v) is 7.68. The third-order valence-electron chi connectivity index (χ3n) is 4.08. The van der Waals surface area contributed by atoms with Gasteiger partial charge in [-0.15, -0.1) is 0 Å². The van der Waals surface area contributed by atoms with Crippen molar-refractivity contribution in [3.63, 3.8) is 0 Å². The highest BCUT2D eigenvalue weighted by atomic mass is 32.2. The molecule has 0 aliphatic carbocycles. The lowest BCUT2D eigenvalue weighted by Crippen LogP contribution is -2.39. The van der Waals surface area contributed by atoms with Crippen LogP contribution >= 0.6 is 0 Å². The fourth-order valence-corrected chi connectivity index (χ4v) is 3.91. The maximum atomic E-state index is 12.4. The molecular weight excluding hydrogens is 304 g/mol. The van der Waals surface area contributed by atoms with Crippen LogP contribution in [0, 0.1) is 12.8 Å². The minimum Gasteiger partial charge on any atom is -0.336 e. The summed E-state index contributed by atoms with van der Waals surface area (Å²) in [5, 5.41) is 4.41. The molecule has 0 radical (unpaired) electrons. The van der Waals surface area contributed by atoms with Crippen LogP contribution in [0.2, 0.25) is 0 Å². The first-order chi connectivity index (χ1) is 10.5. The van der Waals surface area contributed by atoms with E-state index in [4.69, 9.17) is 4.52 Å². The van der Waals surface area contributed by atoms with E-state index in [2.05, 4.69) is 26.8 Å². The molecule has 3 rings (SSSR count). The summed E-state index contributed by atoms with van der Waals surface area (Å²) in [5.74, 6) is 0.350. The van der Waals surface area contributed by atoms with E-state index in [1.807, 2.05) is 0 Å². The fraction of sp³-hybridized carbons (Fsp3) is 0.571. The number of piperidine rings is 1. The van der Waals surface area contributed by atoms with Crippen LogP contribution in [-0.2, 0) is 10.0 Å². The summed E-state index contributed by atoms with van der Waals surface area (Å²) in [6.07, 6.45) is 3.47. The monoisotopic (exact) mass is 324 g/mol. The average Bonchev–Trinajstić information content (AvgIpc) is 2.86. The Morgan fingerprint density at radius 2 is 2.32 bits per heavy atom. The third kappa shape index (κ3) is 3.13. The molecular formula is C14H20N4O3S. The summed E-state index contributed by atoms with van der Waals surface area (Å²) >= 11 is 0. The number of nitrogens with zero attached hydrogens (tertiary/aromatic N) is 3. The quantitative estimate of drug-likeness (QED) is 0.907. The molecule has 3 heterocycles. The largest absolute Gasteiger partial charge is 0.336 e. The van der Waals surface area contributed by atoms with Crippen LogP contribution < -0.4 is 4.72 Å². The first-order valence-electron chi connectivity index (χ1n) is 7.36. The predicted molar refractivity (Wildman–Crippen MR) is 82.0 cm³/mol. The number of aromatic nitrogens is 2. The van der Waals surface area contributed by atoms with Crippen molar-refractivity contribution >= 4 is 21.1 Å². The van der Waals surface area contributed by atoms with E-state index in [1.54, 1.807) is 13.0 Å². The van der Waals surface area contributed by atoms with E-state index in [0.717, 1.165) is 25.9 Å².